The number of nitrogens with zero attached hydrogens (tertiary/aromatic N) is 2. The van der Waals surface area contributed by atoms with E-state index in [-0.39, 0.29) is 18.1 Å². The fourth-order valence-corrected chi connectivity index (χ4v) is 2.60. The number of pyridine rings is 1. The Balaban J connectivity index is 2.18. The average Bonchev–Trinajstić information content (AvgIpc) is 2.88. The van der Waals surface area contributed by atoms with E-state index in [2.05, 4.69) is 15.2 Å². The molecule has 0 saturated carbocycles. The molecule has 0 aromatic carbocycles. The van der Waals surface area contributed by atoms with Crippen LogP contribution in [0.3, 0.4) is 0 Å². The minimum atomic E-state index is -0.493. The predicted octanol–water partition coefficient (Wildman–Crippen LogP) is 1.37. The fourth-order valence-electron chi connectivity index (χ4n) is 2.60. The van der Waals surface area contributed by atoms with Crippen LogP contribution in [0.25, 0.3) is 0 Å². The highest BCUT2D eigenvalue weighted by Gasteiger charge is 2.38. The van der Waals surface area contributed by atoms with Crippen molar-refractivity contribution in [1.82, 2.24) is 15.2 Å². The minimum absolute atomic E-state index is 0.0132. The molecule has 2 aromatic rings. The Bertz CT molecular complexity index is 737. The van der Waals surface area contributed by atoms with Crippen molar-refractivity contribution in [3.63, 3.8) is 0 Å². The highest BCUT2D eigenvalue weighted by Crippen LogP contribution is 2.42. The lowest BCUT2D eigenvalue weighted by atomic mass is 9.84. The second kappa shape index (κ2) is 5.51. The van der Waals surface area contributed by atoms with E-state index in [0.29, 0.717) is 5.88 Å². The Labute approximate surface area is 127 Å². The largest absolute Gasteiger partial charge is 0.462 e. The summed E-state index contributed by atoms with van der Waals surface area (Å²) in [5, 5.41) is 6.96. The first-order chi connectivity index (χ1) is 10.6. The quantitative estimate of drug-likeness (QED) is 0.830. The lowest BCUT2D eigenvalue weighted by Crippen LogP contribution is -2.27. The molecule has 7 heteroatoms. The third-order valence-electron chi connectivity index (χ3n) is 3.54. The number of aryl methyl sites for hydroxylation is 1. The number of carbonyl (C=O) groups is 1. The van der Waals surface area contributed by atoms with Gasteiger partial charge in [0.25, 0.3) is 0 Å². The molecule has 0 bridgehead atoms. The highest BCUT2D eigenvalue weighted by molar-refractivity contribution is 5.92. The number of carbonyl (C=O) groups excluding carboxylic acids is 1. The van der Waals surface area contributed by atoms with E-state index in [1.54, 1.807) is 19.3 Å². The molecule has 7 nitrogen and oxygen atoms in total. The van der Waals surface area contributed by atoms with E-state index < -0.39 is 11.9 Å². The zero-order valence-electron chi connectivity index (χ0n) is 12.3. The summed E-state index contributed by atoms with van der Waals surface area (Å²) in [6.45, 7) is 3.87. The molecule has 0 aliphatic carbocycles. The maximum absolute atomic E-state index is 12.3. The molecule has 114 valence electrons. The van der Waals surface area contributed by atoms with Crippen LogP contribution in [0.2, 0.25) is 0 Å². The number of nitrogens with two attached hydrogens (primary N) is 1. The average molecular weight is 300 g/mol. The molecule has 1 aliphatic rings. The second-order valence-electron chi connectivity index (χ2n) is 4.88. The van der Waals surface area contributed by atoms with Gasteiger partial charge in [-0.05, 0) is 31.5 Å². The summed E-state index contributed by atoms with van der Waals surface area (Å²) in [5.74, 6) is -0.498. The Hall–Kier alpha value is -2.83. The summed E-state index contributed by atoms with van der Waals surface area (Å²) in [6.07, 6.45) is 3.33. The monoisotopic (exact) mass is 300 g/mol. The first-order valence-electron chi connectivity index (χ1n) is 6.92. The van der Waals surface area contributed by atoms with E-state index in [1.165, 1.54) is 0 Å². The number of hydrogen-bond acceptors (Lipinski definition) is 6. The molecule has 1 aliphatic heterocycles. The minimum Gasteiger partial charge on any atom is -0.462 e. The zero-order valence-corrected chi connectivity index (χ0v) is 12.3. The van der Waals surface area contributed by atoms with Crippen molar-refractivity contribution in [1.29, 1.82) is 0 Å². The number of esters is 1. The molecule has 3 N–H and O–H groups in total. The lowest BCUT2D eigenvalue weighted by Gasteiger charge is -2.25. The number of aromatic amines is 1. The number of ether oxygens (including phenoxy) is 2. The van der Waals surface area contributed by atoms with Crippen LogP contribution < -0.4 is 10.5 Å². The summed E-state index contributed by atoms with van der Waals surface area (Å²) < 4.78 is 10.6. The van der Waals surface area contributed by atoms with Crippen LogP contribution in [-0.2, 0) is 9.53 Å². The van der Waals surface area contributed by atoms with Gasteiger partial charge in [0.15, 0.2) is 0 Å². The first-order valence-corrected chi connectivity index (χ1v) is 6.92. The van der Waals surface area contributed by atoms with Gasteiger partial charge in [-0.25, -0.2) is 4.79 Å². The van der Waals surface area contributed by atoms with E-state index >= 15 is 0 Å². The third-order valence-corrected chi connectivity index (χ3v) is 3.54. The molecule has 1 unspecified atom stereocenters. The molecule has 0 fully saturated rings. The molecular weight excluding hydrogens is 284 g/mol. The number of aromatic nitrogens is 3. The SMILES string of the molecule is CCOC(=O)C1=C(N)Oc2n[nH]c(C)c2C1c1ccncc1. The topological polar surface area (TPSA) is 103 Å². The van der Waals surface area contributed by atoms with Crippen molar-refractivity contribution < 1.29 is 14.3 Å². The van der Waals surface area contributed by atoms with Gasteiger partial charge in [0.2, 0.25) is 11.8 Å². The van der Waals surface area contributed by atoms with Crippen LogP contribution in [0, 0.1) is 6.92 Å². The van der Waals surface area contributed by atoms with Crippen LogP contribution in [0.4, 0.5) is 0 Å². The molecule has 3 heterocycles. The summed E-state index contributed by atoms with van der Waals surface area (Å²) in [5.41, 5.74) is 8.69. The second-order valence-corrected chi connectivity index (χ2v) is 4.88. The molecule has 3 rings (SSSR count). The van der Waals surface area contributed by atoms with Crippen LogP contribution in [0.15, 0.2) is 36.0 Å². The molecular formula is C15H16N4O3. The standard InChI is InChI=1S/C15H16N4O3/c1-3-21-15(20)12-11(9-4-6-17-7-5-9)10-8(2)18-19-14(10)22-13(12)16/h4-7,11H,3,16H2,1-2H3,(H,18,19). The predicted molar refractivity (Wildman–Crippen MR) is 77.9 cm³/mol. The van der Waals surface area contributed by atoms with Crippen molar-refractivity contribution in [2.45, 2.75) is 19.8 Å². The Kier molecular flexibility index (Phi) is 3.54. The maximum atomic E-state index is 12.3. The molecule has 0 saturated heterocycles. The zero-order chi connectivity index (χ0) is 15.7. The number of hydrogen-bond donors (Lipinski definition) is 2. The van der Waals surface area contributed by atoms with Crippen molar-refractivity contribution in [2.75, 3.05) is 6.61 Å². The molecule has 22 heavy (non-hydrogen) atoms. The summed E-state index contributed by atoms with van der Waals surface area (Å²) in [4.78, 5) is 16.4. The smallest absolute Gasteiger partial charge is 0.340 e. The molecule has 0 spiro atoms. The Morgan fingerprint density at radius 2 is 2.18 bits per heavy atom. The van der Waals surface area contributed by atoms with Crippen LogP contribution in [-0.4, -0.2) is 27.8 Å². The molecule has 0 amide bonds. The lowest BCUT2D eigenvalue weighted by molar-refractivity contribution is -0.139. The van der Waals surface area contributed by atoms with E-state index in [4.69, 9.17) is 15.2 Å². The van der Waals surface area contributed by atoms with Crippen LogP contribution in [0.1, 0.15) is 29.7 Å². The summed E-state index contributed by atoms with van der Waals surface area (Å²) >= 11 is 0. The fraction of sp³-hybridized carbons (Fsp3) is 0.267. The number of rotatable bonds is 3. The van der Waals surface area contributed by atoms with Crippen LogP contribution in [0.5, 0.6) is 5.88 Å². The van der Waals surface area contributed by atoms with Crippen molar-refractivity contribution in [3.05, 3.63) is 52.8 Å². The van der Waals surface area contributed by atoms with Gasteiger partial charge in [-0.1, -0.05) is 0 Å². The third kappa shape index (κ3) is 2.20. The van der Waals surface area contributed by atoms with Gasteiger partial charge in [-0.15, -0.1) is 5.10 Å². The summed E-state index contributed by atoms with van der Waals surface area (Å²) in [7, 11) is 0. The van der Waals surface area contributed by atoms with Crippen molar-refractivity contribution in [3.8, 4) is 5.88 Å². The van der Waals surface area contributed by atoms with E-state index in [0.717, 1.165) is 16.8 Å². The van der Waals surface area contributed by atoms with E-state index in [1.807, 2.05) is 19.1 Å². The normalized spacial score (nSPS) is 16.9. The van der Waals surface area contributed by atoms with E-state index in [9.17, 15) is 4.79 Å². The van der Waals surface area contributed by atoms with Gasteiger partial charge in [0, 0.05) is 23.7 Å². The first kappa shape index (κ1) is 14.1. The van der Waals surface area contributed by atoms with Gasteiger partial charge in [-0.2, -0.15) is 0 Å². The van der Waals surface area contributed by atoms with Crippen molar-refractivity contribution in [2.24, 2.45) is 5.73 Å². The summed E-state index contributed by atoms with van der Waals surface area (Å²) in [6, 6.07) is 3.66. The molecule has 2 aromatic heterocycles. The number of fused-ring (bicyclic) bond motifs is 1. The van der Waals surface area contributed by atoms with Crippen molar-refractivity contribution >= 4 is 5.97 Å². The molecule has 1 atom stereocenters. The van der Waals surface area contributed by atoms with Gasteiger partial charge in [0.05, 0.1) is 12.5 Å². The van der Waals surface area contributed by atoms with Gasteiger partial charge < -0.3 is 15.2 Å². The van der Waals surface area contributed by atoms with Gasteiger partial charge in [0.1, 0.15) is 5.57 Å². The Morgan fingerprint density at radius 1 is 1.45 bits per heavy atom. The Morgan fingerprint density at radius 3 is 2.86 bits per heavy atom. The molecule has 0 radical (unpaired) electrons. The maximum Gasteiger partial charge on any atom is 0.340 e. The van der Waals surface area contributed by atoms with Gasteiger partial charge >= 0.3 is 5.97 Å². The number of H-pyrrole nitrogens is 1. The van der Waals surface area contributed by atoms with Gasteiger partial charge in [-0.3, -0.25) is 10.1 Å². The number of nitrogens with one attached hydrogen (secondary N) is 1. The van der Waals surface area contributed by atoms with Crippen LogP contribution >= 0.6 is 0 Å². The highest BCUT2D eigenvalue weighted by atomic mass is 16.5.